The number of nitro groups is 1. The van der Waals surface area contributed by atoms with Crippen molar-refractivity contribution in [2.24, 2.45) is 0 Å². The molecule has 1 aromatic carbocycles. The highest BCUT2D eigenvalue weighted by Crippen LogP contribution is 2.24. The Morgan fingerprint density at radius 1 is 1.50 bits per heavy atom. The number of hydrogen-bond acceptors (Lipinski definition) is 3. The van der Waals surface area contributed by atoms with Gasteiger partial charge in [0.1, 0.15) is 0 Å². The summed E-state index contributed by atoms with van der Waals surface area (Å²) in [4.78, 5) is 12.2. The van der Waals surface area contributed by atoms with Gasteiger partial charge in [-0.05, 0) is 35.6 Å². The minimum absolute atomic E-state index is 0.146. The second-order valence-electron chi connectivity index (χ2n) is 2.94. The largest absolute Gasteiger partial charge is 0.375 e. The normalized spacial score (nSPS) is 9.93. The van der Waals surface area contributed by atoms with Gasteiger partial charge in [-0.15, -0.1) is 0 Å². The molecule has 0 heterocycles. The predicted octanol–water partition coefficient (Wildman–Crippen LogP) is 2.66. The van der Waals surface area contributed by atoms with Crippen molar-refractivity contribution in [3.05, 3.63) is 31.9 Å². The summed E-state index contributed by atoms with van der Waals surface area (Å²) >= 11 is 2.08. The molecule has 0 saturated heterocycles. The van der Waals surface area contributed by atoms with E-state index in [0.717, 1.165) is 15.8 Å². The van der Waals surface area contributed by atoms with Crippen molar-refractivity contribution in [3.8, 4) is 0 Å². The van der Waals surface area contributed by atoms with E-state index < -0.39 is 0 Å². The highest BCUT2D eigenvalue weighted by Gasteiger charge is 2.10. The zero-order chi connectivity index (χ0) is 10.7. The van der Waals surface area contributed by atoms with E-state index in [1.165, 1.54) is 0 Å². The summed E-state index contributed by atoms with van der Waals surface area (Å²) in [5.74, 6) is 0. The van der Waals surface area contributed by atoms with Gasteiger partial charge >= 0.3 is 0 Å². The van der Waals surface area contributed by atoms with Gasteiger partial charge in [-0.1, -0.05) is 0 Å². The van der Waals surface area contributed by atoms with E-state index in [-0.39, 0.29) is 10.6 Å². The molecule has 0 saturated carbocycles. The number of nitrogens with zero attached hydrogens (tertiary/aromatic N) is 2. The van der Waals surface area contributed by atoms with E-state index in [1.54, 1.807) is 12.1 Å². The lowest BCUT2D eigenvalue weighted by Crippen LogP contribution is -2.15. The van der Waals surface area contributed by atoms with Crippen molar-refractivity contribution in [1.82, 2.24) is 0 Å². The lowest BCUT2D eigenvalue weighted by molar-refractivity contribution is -0.384. The van der Waals surface area contributed by atoms with E-state index in [9.17, 15) is 10.1 Å². The Morgan fingerprint density at radius 3 is 2.64 bits per heavy atom. The molecule has 0 N–H and O–H groups in total. The lowest BCUT2D eigenvalue weighted by atomic mass is 10.2. The van der Waals surface area contributed by atoms with Crippen LogP contribution in [0.5, 0.6) is 0 Å². The van der Waals surface area contributed by atoms with Gasteiger partial charge in [-0.2, -0.15) is 0 Å². The van der Waals surface area contributed by atoms with Gasteiger partial charge < -0.3 is 4.90 Å². The first-order chi connectivity index (χ1) is 6.54. The van der Waals surface area contributed by atoms with Crippen LogP contribution in [0.4, 0.5) is 11.4 Å². The third-order valence-corrected chi connectivity index (χ3v) is 2.62. The second kappa shape index (κ2) is 4.59. The van der Waals surface area contributed by atoms with Crippen molar-refractivity contribution in [2.45, 2.75) is 6.92 Å². The van der Waals surface area contributed by atoms with Crippen LogP contribution in [-0.4, -0.2) is 18.5 Å². The molecule has 0 fully saturated rings. The Bertz CT molecular complexity index is 355. The van der Waals surface area contributed by atoms with E-state index in [1.807, 2.05) is 24.9 Å². The fourth-order valence-electron chi connectivity index (χ4n) is 1.07. The van der Waals surface area contributed by atoms with E-state index in [2.05, 4.69) is 22.6 Å². The first-order valence-corrected chi connectivity index (χ1v) is 5.28. The summed E-state index contributed by atoms with van der Waals surface area (Å²) in [6.45, 7) is 2.84. The minimum atomic E-state index is -0.366. The van der Waals surface area contributed by atoms with Gasteiger partial charge in [-0.25, -0.2) is 0 Å². The lowest BCUT2D eigenvalue weighted by Gasteiger charge is -2.16. The molecule has 0 atom stereocenters. The first-order valence-electron chi connectivity index (χ1n) is 4.20. The maximum Gasteiger partial charge on any atom is 0.272 e. The minimum Gasteiger partial charge on any atom is -0.375 e. The number of anilines is 1. The van der Waals surface area contributed by atoms with Crippen molar-refractivity contribution >= 4 is 34.0 Å². The van der Waals surface area contributed by atoms with Crippen LogP contribution in [0, 0.1) is 13.7 Å². The van der Waals surface area contributed by atoms with Crippen molar-refractivity contribution < 1.29 is 4.92 Å². The van der Waals surface area contributed by atoms with Crippen molar-refractivity contribution in [3.63, 3.8) is 0 Å². The number of non-ortho nitro benzene ring substituents is 1. The fraction of sp³-hybridized carbons (Fsp3) is 0.333. The van der Waals surface area contributed by atoms with Crippen LogP contribution < -0.4 is 4.90 Å². The van der Waals surface area contributed by atoms with Crippen molar-refractivity contribution in [1.29, 1.82) is 0 Å². The number of hydrogen-bond donors (Lipinski definition) is 0. The molecule has 0 unspecified atom stereocenters. The Morgan fingerprint density at radius 2 is 2.14 bits per heavy atom. The molecule has 5 heteroatoms. The monoisotopic (exact) mass is 306 g/mol. The number of nitro benzene ring substituents is 1. The first kappa shape index (κ1) is 11.2. The fourth-order valence-corrected chi connectivity index (χ4v) is 1.71. The smallest absolute Gasteiger partial charge is 0.272 e. The van der Waals surface area contributed by atoms with E-state index in [0.29, 0.717) is 0 Å². The quantitative estimate of drug-likeness (QED) is 0.490. The summed E-state index contributed by atoms with van der Waals surface area (Å²) < 4.78 is 0.882. The van der Waals surface area contributed by atoms with Gasteiger partial charge in [0, 0.05) is 35.0 Å². The average molecular weight is 306 g/mol. The van der Waals surface area contributed by atoms with E-state index in [4.69, 9.17) is 0 Å². The molecule has 1 aromatic rings. The summed E-state index contributed by atoms with van der Waals surface area (Å²) in [6.07, 6.45) is 0. The summed E-state index contributed by atoms with van der Waals surface area (Å²) in [6, 6.07) is 5.08. The van der Waals surface area contributed by atoms with E-state index >= 15 is 0 Å². The summed E-state index contributed by atoms with van der Waals surface area (Å²) in [5.41, 5.74) is 1.03. The van der Waals surface area contributed by atoms with Crippen molar-refractivity contribution in [2.75, 3.05) is 18.5 Å². The third kappa shape index (κ3) is 2.57. The Hall–Kier alpha value is -0.850. The molecular formula is C9H11IN2O2. The Kier molecular flexibility index (Phi) is 3.68. The molecule has 0 spiro atoms. The Balaban J connectivity index is 3.13. The predicted molar refractivity (Wildman–Crippen MR) is 64.8 cm³/mol. The number of halogens is 1. The molecule has 0 radical (unpaired) electrons. The SMILES string of the molecule is CCN(C)c1cc(I)cc([N+](=O)[O-])c1. The van der Waals surface area contributed by atoms with Crippen LogP contribution >= 0.6 is 22.6 Å². The van der Waals surface area contributed by atoms with Crippen LogP contribution in [0.2, 0.25) is 0 Å². The van der Waals surface area contributed by atoms with Crippen LogP contribution in [0.1, 0.15) is 6.92 Å². The standard InChI is InChI=1S/C9H11IN2O2/c1-3-11(2)8-4-7(10)5-9(6-8)12(13)14/h4-6H,3H2,1-2H3. The maximum absolute atomic E-state index is 10.6. The van der Waals surface area contributed by atoms with Crippen LogP contribution in [0.15, 0.2) is 18.2 Å². The summed E-state index contributed by atoms with van der Waals surface area (Å²) in [5, 5.41) is 10.6. The average Bonchev–Trinajstić information content (AvgIpc) is 2.15. The molecule has 0 aliphatic rings. The maximum atomic E-state index is 10.6. The molecule has 0 bridgehead atoms. The molecule has 0 amide bonds. The van der Waals surface area contributed by atoms with Gasteiger partial charge in [0.25, 0.3) is 5.69 Å². The molecular weight excluding hydrogens is 295 g/mol. The second-order valence-corrected chi connectivity index (χ2v) is 4.18. The molecule has 1 rings (SSSR count). The number of rotatable bonds is 3. The summed E-state index contributed by atoms with van der Waals surface area (Å²) in [7, 11) is 1.91. The topological polar surface area (TPSA) is 46.4 Å². The molecule has 14 heavy (non-hydrogen) atoms. The third-order valence-electron chi connectivity index (χ3n) is 1.99. The molecule has 0 aliphatic carbocycles. The zero-order valence-corrected chi connectivity index (χ0v) is 10.2. The van der Waals surface area contributed by atoms with Gasteiger partial charge in [-0.3, -0.25) is 10.1 Å². The highest BCUT2D eigenvalue weighted by atomic mass is 127. The molecule has 76 valence electrons. The molecule has 4 nitrogen and oxygen atoms in total. The van der Waals surface area contributed by atoms with Gasteiger partial charge in [0.15, 0.2) is 0 Å². The van der Waals surface area contributed by atoms with Crippen LogP contribution in [-0.2, 0) is 0 Å². The van der Waals surface area contributed by atoms with Gasteiger partial charge in [0.05, 0.1) is 4.92 Å². The highest BCUT2D eigenvalue weighted by molar-refractivity contribution is 14.1. The number of benzene rings is 1. The Labute approximate surface area is 96.2 Å². The van der Waals surface area contributed by atoms with Crippen LogP contribution in [0.3, 0.4) is 0 Å². The molecule has 0 aliphatic heterocycles. The molecule has 0 aromatic heterocycles. The zero-order valence-electron chi connectivity index (χ0n) is 8.03. The van der Waals surface area contributed by atoms with Crippen LogP contribution in [0.25, 0.3) is 0 Å². The van der Waals surface area contributed by atoms with Gasteiger partial charge in [0.2, 0.25) is 0 Å².